The number of aromatic nitrogens is 2. The summed E-state index contributed by atoms with van der Waals surface area (Å²) in [4.78, 5) is 31.6. The third-order valence-electron chi connectivity index (χ3n) is 7.89. The Morgan fingerprint density at radius 3 is 2.33 bits per heavy atom. The fraction of sp³-hybridized carbons (Fsp3) is 0.147. The second-order valence-electron chi connectivity index (χ2n) is 10.7. The number of nitrogens with one attached hydrogen (secondary N) is 1. The highest BCUT2D eigenvalue weighted by atomic mass is 32.2. The molecule has 0 aliphatic rings. The topological polar surface area (TPSA) is 97.4 Å². The molecule has 0 spiro atoms. The van der Waals surface area contributed by atoms with Crippen molar-refractivity contribution in [1.29, 1.82) is 0 Å². The lowest BCUT2D eigenvalue weighted by molar-refractivity contribution is 0.0964. The van der Waals surface area contributed by atoms with Crippen molar-refractivity contribution in [2.24, 2.45) is 0 Å². The van der Waals surface area contributed by atoms with Gasteiger partial charge in [0.15, 0.2) is 0 Å². The first-order chi connectivity index (χ1) is 22.0. The summed E-state index contributed by atoms with van der Waals surface area (Å²) in [5.41, 5.74) is 2.72. The highest BCUT2D eigenvalue weighted by molar-refractivity contribution is 7.85. The molecule has 6 rings (SSSR count). The van der Waals surface area contributed by atoms with Crippen LogP contribution in [0.15, 0.2) is 82.0 Å². The number of hydrogen-bond acceptors (Lipinski definition) is 5. The Kier molecular flexibility index (Phi) is 7.99. The van der Waals surface area contributed by atoms with Crippen molar-refractivity contribution in [2.45, 2.75) is 13.5 Å². The van der Waals surface area contributed by atoms with E-state index in [-0.39, 0.29) is 28.8 Å². The van der Waals surface area contributed by atoms with Gasteiger partial charge in [0, 0.05) is 54.6 Å². The highest BCUT2D eigenvalue weighted by Gasteiger charge is 2.25. The predicted molar refractivity (Wildman–Crippen MR) is 173 cm³/mol. The Bertz CT molecular complexity index is 2260. The van der Waals surface area contributed by atoms with Crippen molar-refractivity contribution >= 4 is 44.5 Å². The summed E-state index contributed by atoms with van der Waals surface area (Å²) in [6.45, 7) is 1.47. The molecule has 8 nitrogen and oxygen atoms in total. The van der Waals surface area contributed by atoms with E-state index < -0.39 is 39.9 Å². The second kappa shape index (κ2) is 11.9. The molecule has 1 N–H and O–H groups in total. The van der Waals surface area contributed by atoms with Crippen molar-refractivity contribution in [3.63, 3.8) is 0 Å². The molecule has 6 aromatic rings. The number of amides is 1. The van der Waals surface area contributed by atoms with Crippen molar-refractivity contribution in [1.82, 2.24) is 14.9 Å². The summed E-state index contributed by atoms with van der Waals surface area (Å²) in [6.07, 6.45) is 1.51. The van der Waals surface area contributed by atoms with Gasteiger partial charge >= 0.3 is 0 Å². The van der Waals surface area contributed by atoms with Crippen LogP contribution in [0.3, 0.4) is 0 Å². The molecule has 0 saturated heterocycles. The third kappa shape index (κ3) is 5.45. The van der Waals surface area contributed by atoms with Gasteiger partial charge in [-0.15, -0.1) is 0 Å². The molecule has 0 aliphatic heterocycles. The van der Waals surface area contributed by atoms with E-state index >= 15 is 0 Å². The zero-order chi connectivity index (χ0) is 32.9. The smallest absolute Gasteiger partial charge is 0.261 e. The lowest BCUT2D eigenvalue weighted by atomic mass is 9.97. The van der Waals surface area contributed by atoms with E-state index in [4.69, 9.17) is 4.42 Å². The van der Waals surface area contributed by atoms with E-state index in [0.29, 0.717) is 44.7 Å². The van der Waals surface area contributed by atoms with Crippen molar-refractivity contribution in [3.05, 3.63) is 118 Å². The van der Waals surface area contributed by atoms with Gasteiger partial charge < -0.3 is 9.73 Å². The third-order valence-corrected chi connectivity index (χ3v) is 8.86. The number of carbonyl (C=O) groups excluding carboxylic acids is 1. The Morgan fingerprint density at radius 1 is 0.957 bits per heavy atom. The first-order valence-electron chi connectivity index (χ1n) is 14.1. The van der Waals surface area contributed by atoms with Crippen LogP contribution in [-0.4, -0.2) is 40.0 Å². The lowest BCUT2D eigenvalue weighted by Gasteiger charge is -2.20. The molecule has 0 aliphatic carbocycles. The maximum Gasteiger partial charge on any atom is 0.261 e. The molecular formula is C34H27F3N4O4S. The molecule has 1 unspecified atom stereocenters. The monoisotopic (exact) mass is 644 g/mol. The SMILES string of the molecule is CNC(=O)c1c(-c2ccc(F)cc2)oc2cc(N(C)S(C)=O)c(-c3ccc4nc(C)n(Cc5ccc(F)cc5F)c(=O)c4c3)cc12. The van der Waals surface area contributed by atoms with Crippen LogP contribution in [0.1, 0.15) is 21.7 Å². The van der Waals surface area contributed by atoms with E-state index in [9.17, 15) is 27.0 Å². The number of nitrogens with zero attached hydrogens (tertiary/aromatic N) is 3. The number of anilines is 1. The van der Waals surface area contributed by atoms with Crippen molar-refractivity contribution in [3.8, 4) is 22.5 Å². The number of hydrogen-bond donors (Lipinski definition) is 1. The standard InChI is InChI=1S/C34H27F3N4O4S/c1-18-39-28-12-8-20(13-25(28)34(43)41(18)17-21-7-11-23(36)14-27(21)37)24-15-26-30(16-29(24)40(3)46(4)44)45-32(31(26)33(42)38-2)19-5-9-22(35)10-6-19/h5-16H,17H2,1-4H3,(H,38,42). The zero-order valence-corrected chi connectivity index (χ0v) is 26.0. The molecule has 0 fully saturated rings. The molecule has 0 saturated carbocycles. The number of carbonyl (C=O) groups is 1. The van der Waals surface area contributed by atoms with Gasteiger partial charge in [-0.3, -0.25) is 18.5 Å². The largest absolute Gasteiger partial charge is 0.455 e. The minimum atomic E-state index is -1.47. The lowest BCUT2D eigenvalue weighted by Crippen LogP contribution is -2.25. The summed E-state index contributed by atoms with van der Waals surface area (Å²) in [5.74, 6) is -1.80. The summed E-state index contributed by atoms with van der Waals surface area (Å²) < 4.78 is 63.4. The maximum absolute atomic E-state index is 14.5. The van der Waals surface area contributed by atoms with E-state index in [2.05, 4.69) is 10.3 Å². The van der Waals surface area contributed by atoms with Crippen LogP contribution in [0.4, 0.5) is 18.9 Å². The first kappa shape index (κ1) is 30.8. The molecule has 1 atom stereocenters. The maximum atomic E-state index is 14.5. The minimum absolute atomic E-state index is 0.127. The van der Waals surface area contributed by atoms with Gasteiger partial charge in [-0.05, 0) is 61.0 Å². The summed E-state index contributed by atoms with van der Waals surface area (Å²) in [7, 11) is 1.66. The minimum Gasteiger partial charge on any atom is -0.455 e. The van der Waals surface area contributed by atoms with E-state index in [1.165, 1.54) is 52.5 Å². The average Bonchev–Trinajstić information content (AvgIpc) is 3.41. The average molecular weight is 645 g/mol. The van der Waals surface area contributed by atoms with Crippen molar-refractivity contribution < 1.29 is 26.6 Å². The predicted octanol–water partition coefficient (Wildman–Crippen LogP) is 6.34. The Hall–Kier alpha value is -5.23. The molecular weight excluding hydrogens is 617 g/mol. The van der Waals surface area contributed by atoms with E-state index in [1.807, 2.05) is 0 Å². The quantitative estimate of drug-likeness (QED) is 0.219. The van der Waals surface area contributed by atoms with Gasteiger partial charge in [-0.2, -0.15) is 0 Å². The van der Waals surface area contributed by atoms with Gasteiger partial charge in [-0.1, -0.05) is 12.1 Å². The highest BCUT2D eigenvalue weighted by Crippen LogP contribution is 2.41. The molecule has 46 heavy (non-hydrogen) atoms. The van der Waals surface area contributed by atoms with Crippen LogP contribution in [0.2, 0.25) is 0 Å². The van der Waals surface area contributed by atoms with Crippen molar-refractivity contribution in [2.75, 3.05) is 24.7 Å². The van der Waals surface area contributed by atoms with Crippen LogP contribution in [-0.2, 0) is 17.5 Å². The molecule has 234 valence electrons. The van der Waals surface area contributed by atoms with E-state index in [0.717, 1.165) is 12.1 Å². The van der Waals surface area contributed by atoms with Gasteiger partial charge in [0.1, 0.15) is 45.6 Å². The molecule has 0 radical (unpaired) electrons. The van der Waals surface area contributed by atoms with Gasteiger partial charge in [0.05, 0.1) is 28.7 Å². The molecule has 12 heteroatoms. The molecule has 4 aromatic carbocycles. The molecule has 0 bridgehead atoms. The van der Waals surface area contributed by atoms with Crippen LogP contribution < -0.4 is 15.2 Å². The Balaban J connectivity index is 1.58. The van der Waals surface area contributed by atoms with Crippen LogP contribution in [0.5, 0.6) is 0 Å². The molecule has 1 amide bonds. The van der Waals surface area contributed by atoms with Gasteiger partial charge in [0.25, 0.3) is 11.5 Å². The number of benzene rings is 4. The Labute approximate surface area is 263 Å². The zero-order valence-electron chi connectivity index (χ0n) is 25.2. The fourth-order valence-electron chi connectivity index (χ4n) is 5.42. The number of furan rings is 1. The number of rotatable bonds is 7. The number of halogens is 3. The first-order valence-corrected chi connectivity index (χ1v) is 15.6. The fourth-order valence-corrected chi connectivity index (χ4v) is 5.85. The van der Waals surface area contributed by atoms with Crippen LogP contribution in [0, 0.1) is 24.4 Å². The van der Waals surface area contributed by atoms with Gasteiger partial charge in [-0.25, -0.2) is 22.4 Å². The second-order valence-corrected chi connectivity index (χ2v) is 12.1. The summed E-state index contributed by atoms with van der Waals surface area (Å²) in [6, 6.07) is 17.2. The molecule has 2 aromatic heterocycles. The van der Waals surface area contributed by atoms with Crippen LogP contribution >= 0.6 is 0 Å². The normalized spacial score (nSPS) is 12.1. The summed E-state index contributed by atoms with van der Waals surface area (Å²) >= 11 is 0. The number of aryl methyl sites for hydroxylation is 1. The van der Waals surface area contributed by atoms with Gasteiger partial charge in [0.2, 0.25) is 0 Å². The van der Waals surface area contributed by atoms with E-state index in [1.54, 1.807) is 44.3 Å². The number of fused-ring (bicyclic) bond motifs is 2. The van der Waals surface area contributed by atoms with Crippen LogP contribution in [0.25, 0.3) is 44.3 Å². The molecule has 2 heterocycles. The Morgan fingerprint density at radius 2 is 1.65 bits per heavy atom. The summed E-state index contributed by atoms with van der Waals surface area (Å²) in [5, 5.41) is 3.32.